The molecule has 2 N–H and O–H groups in total. The van der Waals surface area contributed by atoms with Crippen molar-refractivity contribution in [2.24, 2.45) is 5.73 Å². The Hall–Kier alpha value is -0.740. The number of rotatable bonds is 2. The van der Waals surface area contributed by atoms with Crippen molar-refractivity contribution in [3.63, 3.8) is 0 Å². The van der Waals surface area contributed by atoms with E-state index in [-0.39, 0.29) is 5.41 Å². The maximum Gasteiger partial charge on any atom is 0.231 e. The van der Waals surface area contributed by atoms with Gasteiger partial charge < -0.3 is 15.2 Å². The predicted molar refractivity (Wildman–Crippen MR) is 74.1 cm³/mol. The molecule has 1 aliphatic heterocycles. The van der Waals surface area contributed by atoms with E-state index in [0.29, 0.717) is 13.3 Å². The summed E-state index contributed by atoms with van der Waals surface area (Å²) in [6.45, 7) is 0.991. The van der Waals surface area contributed by atoms with Gasteiger partial charge >= 0.3 is 0 Å². The van der Waals surface area contributed by atoms with Crippen LogP contribution < -0.4 is 15.2 Å². The first-order valence-electron chi connectivity index (χ1n) is 6.55. The van der Waals surface area contributed by atoms with Crippen LogP contribution in [0.2, 0.25) is 0 Å². The van der Waals surface area contributed by atoms with Crippen molar-refractivity contribution < 1.29 is 9.47 Å². The van der Waals surface area contributed by atoms with Gasteiger partial charge in [0.05, 0.1) is 0 Å². The normalized spacial score (nSPS) is 21.0. The summed E-state index contributed by atoms with van der Waals surface area (Å²) in [7, 11) is 0. The van der Waals surface area contributed by atoms with E-state index in [1.165, 1.54) is 24.8 Å². The lowest BCUT2D eigenvalue weighted by molar-refractivity contribution is 0.170. The van der Waals surface area contributed by atoms with E-state index >= 15 is 0 Å². The quantitative estimate of drug-likeness (QED) is 0.911. The van der Waals surface area contributed by atoms with Crippen LogP contribution >= 0.6 is 15.9 Å². The molecule has 0 radical (unpaired) electrons. The van der Waals surface area contributed by atoms with Crippen LogP contribution in [0, 0.1) is 0 Å². The standard InChI is InChI=1S/C14H18BrNO2/c15-10-4-5-11-13(18-9-17-11)12(10)14(8-16)6-2-1-3-7-14/h4-5H,1-3,6-9,16H2. The lowest BCUT2D eigenvalue weighted by Gasteiger charge is -2.37. The van der Waals surface area contributed by atoms with Crippen molar-refractivity contribution in [2.75, 3.05) is 13.3 Å². The highest BCUT2D eigenvalue weighted by molar-refractivity contribution is 9.10. The van der Waals surface area contributed by atoms with Crippen molar-refractivity contribution >= 4 is 15.9 Å². The van der Waals surface area contributed by atoms with Crippen molar-refractivity contribution in [3.8, 4) is 11.5 Å². The average molecular weight is 312 g/mol. The maximum absolute atomic E-state index is 6.12. The smallest absolute Gasteiger partial charge is 0.231 e. The molecule has 98 valence electrons. The Balaban J connectivity index is 2.12. The van der Waals surface area contributed by atoms with Gasteiger partial charge in [-0.1, -0.05) is 35.2 Å². The number of hydrogen-bond donors (Lipinski definition) is 1. The molecule has 1 aliphatic carbocycles. The number of fused-ring (bicyclic) bond motifs is 1. The third-order valence-corrected chi connectivity index (χ3v) is 4.88. The van der Waals surface area contributed by atoms with E-state index in [2.05, 4.69) is 22.0 Å². The third-order valence-electron chi connectivity index (χ3n) is 4.22. The molecule has 0 amide bonds. The van der Waals surface area contributed by atoms with Crippen LogP contribution in [0.4, 0.5) is 0 Å². The third kappa shape index (κ3) is 1.82. The molecule has 0 unspecified atom stereocenters. The van der Waals surface area contributed by atoms with Crippen molar-refractivity contribution in [1.82, 2.24) is 0 Å². The molecule has 1 fully saturated rings. The van der Waals surface area contributed by atoms with Crippen LogP contribution in [0.1, 0.15) is 37.7 Å². The molecule has 1 heterocycles. The molecule has 1 aromatic carbocycles. The molecule has 0 aromatic heterocycles. The Morgan fingerprint density at radius 3 is 2.67 bits per heavy atom. The zero-order valence-electron chi connectivity index (χ0n) is 10.4. The Morgan fingerprint density at radius 2 is 1.94 bits per heavy atom. The largest absolute Gasteiger partial charge is 0.454 e. The summed E-state index contributed by atoms with van der Waals surface area (Å²) in [6.07, 6.45) is 6.08. The van der Waals surface area contributed by atoms with Gasteiger partial charge in [-0.3, -0.25) is 0 Å². The lowest BCUT2D eigenvalue weighted by Crippen LogP contribution is -2.37. The Morgan fingerprint density at radius 1 is 1.17 bits per heavy atom. The fourth-order valence-corrected chi connectivity index (χ4v) is 3.96. The summed E-state index contributed by atoms with van der Waals surface area (Å²) in [5.41, 5.74) is 7.39. The molecule has 0 spiro atoms. The molecular weight excluding hydrogens is 294 g/mol. The topological polar surface area (TPSA) is 44.5 Å². The first-order valence-corrected chi connectivity index (χ1v) is 7.35. The fraction of sp³-hybridized carbons (Fsp3) is 0.571. The van der Waals surface area contributed by atoms with Gasteiger partial charge in [0, 0.05) is 22.0 Å². The van der Waals surface area contributed by atoms with E-state index in [4.69, 9.17) is 15.2 Å². The van der Waals surface area contributed by atoms with Gasteiger partial charge in [-0.2, -0.15) is 0 Å². The zero-order valence-corrected chi connectivity index (χ0v) is 12.0. The molecule has 0 atom stereocenters. The molecule has 1 saturated carbocycles. The number of ether oxygens (including phenoxy) is 2. The minimum Gasteiger partial charge on any atom is -0.454 e. The van der Waals surface area contributed by atoms with E-state index in [1.54, 1.807) is 0 Å². The molecule has 2 aliphatic rings. The summed E-state index contributed by atoms with van der Waals surface area (Å²) in [6, 6.07) is 4.01. The molecule has 4 heteroatoms. The summed E-state index contributed by atoms with van der Waals surface area (Å²) >= 11 is 3.67. The van der Waals surface area contributed by atoms with Gasteiger partial charge in [0.25, 0.3) is 0 Å². The summed E-state index contributed by atoms with van der Waals surface area (Å²) in [5.74, 6) is 1.75. The minimum absolute atomic E-state index is 0.0517. The van der Waals surface area contributed by atoms with Gasteiger partial charge in [-0.15, -0.1) is 0 Å². The second-order valence-corrected chi connectivity index (χ2v) is 6.06. The van der Waals surface area contributed by atoms with E-state index in [9.17, 15) is 0 Å². The summed E-state index contributed by atoms with van der Waals surface area (Å²) in [4.78, 5) is 0. The highest BCUT2D eigenvalue weighted by Gasteiger charge is 2.38. The predicted octanol–water partition coefficient (Wildman–Crippen LogP) is 3.34. The first-order chi connectivity index (χ1) is 8.77. The van der Waals surface area contributed by atoms with Crippen molar-refractivity contribution in [3.05, 3.63) is 22.2 Å². The van der Waals surface area contributed by atoms with Gasteiger partial charge in [-0.25, -0.2) is 0 Å². The molecule has 0 saturated heterocycles. The molecule has 3 nitrogen and oxygen atoms in total. The minimum atomic E-state index is 0.0517. The Labute approximate surface area is 116 Å². The van der Waals surface area contributed by atoms with Crippen LogP contribution in [-0.2, 0) is 5.41 Å². The van der Waals surface area contributed by atoms with E-state index in [0.717, 1.165) is 28.8 Å². The zero-order chi connectivity index (χ0) is 12.6. The second-order valence-electron chi connectivity index (χ2n) is 5.20. The van der Waals surface area contributed by atoms with Gasteiger partial charge in [0.2, 0.25) is 6.79 Å². The summed E-state index contributed by atoms with van der Waals surface area (Å²) < 4.78 is 12.3. The van der Waals surface area contributed by atoms with Crippen molar-refractivity contribution in [2.45, 2.75) is 37.5 Å². The number of benzene rings is 1. The van der Waals surface area contributed by atoms with Crippen LogP contribution in [0.3, 0.4) is 0 Å². The van der Waals surface area contributed by atoms with Gasteiger partial charge in [0.15, 0.2) is 11.5 Å². The monoisotopic (exact) mass is 311 g/mol. The first kappa shape index (κ1) is 12.3. The average Bonchev–Trinajstić information content (AvgIpc) is 2.87. The second kappa shape index (κ2) is 4.74. The summed E-state index contributed by atoms with van der Waals surface area (Å²) in [5, 5.41) is 0. The molecule has 3 rings (SSSR count). The maximum atomic E-state index is 6.12. The number of halogens is 1. The van der Waals surface area contributed by atoms with Gasteiger partial charge in [0.1, 0.15) is 0 Å². The molecule has 18 heavy (non-hydrogen) atoms. The Kier molecular flexibility index (Phi) is 3.24. The highest BCUT2D eigenvalue weighted by atomic mass is 79.9. The highest BCUT2D eigenvalue weighted by Crippen LogP contribution is 2.50. The molecule has 0 bridgehead atoms. The van der Waals surface area contributed by atoms with E-state index < -0.39 is 0 Å². The SMILES string of the molecule is NCC1(c2c(Br)ccc3c2OCO3)CCCCC1. The van der Waals surface area contributed by atoms with Crippen molar-refractivity contribution in [1.29, 1.82) is 0 Å². The van der Waals surface area contributed by atoms with Crippen LogP contribution in [-0.4, -0.2) is 13.3 Å². The van der Waals surface area contributed by atoms with Crippen LogP contribution in [0.15, 0.2) is 16.6 Å². The van der Waals surface area contributed by atoms with Crippen LogP contribution in [0.25, 0.3) is 0 Å². The number of nitrogens with two attached hydrogens (primary N) is 1. The molecular formula is C14H18BrNO2. The fourth-order valence-electron chi connectivity index (χ4n) is 3.23. The Bertz CT molecular complexity index is 455. The van der Waals surface area contributed by atoms with Gasteiger partial charge in [-0.05, 0) is 25.0 Å². The van der Waals surface area contributed by atoms with Crippen LogP contribution in [0.5, 0.6) is 11.5 Å². The molecule has 1 aromatic rings. The lowest BCUT2D eigenvalue weighted by atomic mass is 9.69. The number of hydrogen-bond acceptors (Lipinski definition) is 3. The van der Waals surface area contributed by atoms with E-state index in [1.807, 2.05) is 6.07 Å².